The van der Waals surface area contributed by atoms with E-state index in [9.17, 15) is 19.2 Å². The number of ketones is 1. The highest BCUT2D eigenvalue weighted by Crippen LogP contribution is 2.32. The van der Waals surface area contributed by atoms with Gasteiger partial charge in [0.25, 0.3) is 0 Å². The van der Waals surface area contributed by atoms with Gasteiger partial charge in [0.15, 0.2) is 5.78 Å². The minimum Gasteiger partial charge on any atom is -0.494 e. The predicted molar refractivity (Wildman–Crippen MR) is 133 cm³/mol. The molecule has 1 atom stereocenters. The molecule has 1 aromatic rings. The molecule has 0 aromatic heterocycles. The van der Waals surface area contributed by atoms with Gasteiger partial charge in [-0.1, -0.05) is 0 Å². The minimum absolute atomic E-state index is 0.212. The number of rotatable bonds is 14. The van der Waals surface area contributed by atoms with E-state index in [-0.39, 0.29) is 17.6 Å². The van der Waals surface area contributed by atoms with E-state index in [2.05, 4.69) is 15.5 Å². The number of carbonyl (C=O) groups excluding carboxylic acids is 3. The van der Waals surface area contributed by atoms with Gasteiger partial charge < -0.3 is 31.1 Å². The van der Waals surface area contributed by atoms with Gasteiger partial charge in [-0.25, -0.2) is 9.59 Å². The first-order chi connectivity index (χ1) is 17.3. The summed E-state index contributed by atoms with van der Waals surface area (Å²) in [7, 11) is 0. The van der Waals surface area contributed by atoms with Crippen LogP contribution in [-0.2, 0) is 4.79 Å². The van der Waals surface area contributed by atoms with E-state index in [0.29, 0.717) is 58.6 Å². The van der Waals surface area contributed by atoms with Crippen LogP contribution in [-0.4, -0.2) is 90.6 Å². The molecule has 0 spiro atoms. The molecule has 2 fully saturated rings. The molecule has 1 saturated carbocycles. The number of piperazine rings is 1. The highest BCUT2D eigenvalue weighted by atomic mass is 16.5. The topological polar surface area (TPSA) is 154 Å². The number of benzene rings is 1. The molecule has 36 heavy (non-hydrogen) atoms. The summed E-state index contributed by atoms with van der Waals surface area (Å²) in [5.41, 5.74) is 5.77. The normalized spacial score (nSPS) is 16.7. The summed E-state index contributed by atoms with van der Waals surface area (Å²) in [5.74, 6) is 0.970. The molecular weight excluding hydrogens is 466 g/mol. The van der Waals surface area contributed by atoms with Crippen molar-refractivity contribution in [1.82, 2.24) is 20.4 Å². The Morgan fingerprint density at radius 1 is 1.03 bits per heavy atom. The zero-order valence-electron chi connectivity index (χ0n) is 20.6. The van der Waals surface area contributed by atoms with Crippen molar-refractivity contribution >= 4 is 23.8 Å². The van der Waals surface area contributed by atoms with Crippen LogP contribution in [0.15, 0.2) is 24.3 Å². The number of hydrogen-bond donors (Lipinski definition) is 4. The average Bonchev–Trinajstić information content (AvgIpc) is 3.71. The molecule has 11 nitrogen and oxygen atoms in total. The van der Waals surface area contributed by atoms with Crippen LogP contribution < -0.4 is 21.1 Å². The molecule has 0 radical (unpaired) electrons. The molecule has 2 aliphatic rings. The third-order valence-corrected chi connectivity index (χ3v) is 6.47. The zero-order chi connectivity index (χ0) is 25.9. The lowest BCUT2D eigenvalue weighted by Crippen LogP contribution is -2.55. The summed E-state index contributed by atoms with van der Waals surface area (Å²) in [6.07, 6.45) is 3.14. The number of ether oxygens (including phenoxy) is 1. The SMILES string of the molecule is NC(=O)NCCCCC(NC(=O)O)C(=O)N1CCN(CCCOc2ccc(C(=O)C3CC3)cc2)CC1. The molecule has 1 unspecified atom stereocenters. The molecule has 4 amide bonds. The molecular formula is C25H37N5O6. The van der Waals surface area contributed by atoms with E-state index in [4.69, 9.17) is 15.6 Å². The van der Waals surface area contributed by atoms with Gasteiger partial charge in [-0.2, -0.15) is 0 Å². The summed E-state index contributed by atoms with van der Waals surface area (Å²) < 4.78 is 5.81. The maximum atomic E-state index is 12.9. The number of nitrogens with zero attached hydrogens (tertiary/aromatic N) is 2. The van der Waals surface area contributed by atoms with Gasteiger partial charge in [0, 0.05) is 50.7 Å². The first-order valence-electron chi connectivity index (χ1n) is 12.6. The van der Waals surface area contributed by atoms with Crippen LogP contribution in [0.25, 0.3) is 0 Å². The van der Waals surface area contributed by atoms with E-state index in [1.165, 1.54) is 0 Å². The van der Waals surface area contributed by atoms with Crippen LogP contribution >= 0.6 is 0 Å². The number of primary amides is 1. The Hall–Kier alpha value is -3.34. The second-order valence-electron chi connectivity index (χ2n) is 9.32. The number of Topliss-reactive ketones (excluding diaryl/α,β-unsaturated/α-hetero) is 1. The Labute approximate surface area is 211 Å². The summed E-state index contributed by atoms with van der Waals surface area (Å²) in [6, 6.07) is 5.94. The lowest BCUT2D eigenvalue weighted by atomic mass is 10.1. The molecule has 1 aliphatic heterocycles. The Balaban J connectivity index is 1.32. The Bertz CT molecular complexity index is 897. The molecule has 5 N–H and O–H groups in total. The Kier molecular flexibility index (Phi) is 10.3. The number of unbranched alkanes of at least 4 members (excludes halogenated alkanes) is 1. The fraction of sp³-hybridized carbons (Fsp3) is 0.600. The first kappa shape index (κ1) is 27.3. The second kappa shape index (κ2) is 13.7. The summed E-state index contributed by atoms with van der Waals surface area (Å²) in [5, 5.41) is 13.9. The molecule has 11 heteroatoms. The smallest absolute Gasteiger partial charge is 0.405 e. The fourth-order valence-corrected chi connectivity index (χ4v) is 4.28. The molecule has 198 valence electrons. The Morgan fingerprint density at radius 3 is 2.33 bits per heavy atom. The Morgan fingerprint density at radius 2 is 1.72 bits per heavy atom. The highest BCUT2D eigenvalue weighted by molar-refractivity contribution is 5.99. The molecule has 1 heterocycles. The molecule has 1 aliphatic carbocycles. The standard InChI is InChI=1S/C25H37N5O6/c26-24(33)27-11-2-1-4-21(28-25(34)35)23(32)30-15-13-29(14-16-30)12-3-17-36-20-9-7-19(8-10-20)22(31)18-5-6-18/h7-10,18,21,28H,1-6,11-17H2,(H,34,35)(H3,26,27,33). The van der Waals surface area contributed by atoms with E-state index in [1.54, 1.807) is 4.90 Å². The lowest BCUT2D eigenvalue weighted by molar-refractivity contribution is -0.135. The van der Waals surface area contributed by atoms with Crippen molar-refractivity contribution in [3.8, 4) is 5.75 Å². The van der Waals surface area contributed by atoms with Crippen LogP contribution in [0, 0.1) is 5.92 Å². The lowest BCUT2D eigenvalue weighted by Gasteiger charge is -2.36. The van der Waals surface area contributed by atoms with Crippen molar-refractivity contribution in [3.05, 3.63) is 29.8 Å². The summed E-state index contributed by atoms with van der Waals surface area (Å²) in [6.45, 7) is 4.29. The molecule has 3 rings (SSSR count). The monoisotopic (exact) mass is 503 g/mol. The number of nitrogens with two attached hydrogens (primary N) is 1. The van der Waals surface area contributed by atoms with Gasteiger partial charge in [-0.15, -0.1) is 0 Å². The maximum Gasteiger partial charge on any atom is 0.405 e. The third-order valence-electron chi connectivity index (χ3n) is 6.47. The van der Waals surface area contributed by atoms with Crippen LogP contribution in [0.1, 0.15) is 48.9 Å². The van der Waals surface area contributed by atoms with Crippen molar-refractivity contribution in [3.63, 3.8) is 0 Å². The van der Waals surface area contributed by atoms with Crippen molar-refractivity contribution in [2.24, 2.45) is 11.7 Å². The quantitative estimate of drug-likeness (QED) is 0.222. The molecule has 1 aromatic carbocycles. The van der Waals surface area contributed by atoms with E-state index < -0.39 is 18.2 Å². The van der Waals surface area contributed by atoms with E-state index >= 15 is 0 Å². The van der Waals surface area contributed by atoms with Crippen LogP contribution in [0.4, 0.5) is 9.59 Å². The average molecular weight is 504 g/mol. The molecule has 0 bridgehead atoms. The van der Waals surface area contributed by atoms with Crippen LogP contribution in [0.5, 0.6) is 5.75 Å². The number of urea groups is 1. The van der Waals surface area contributed by atoms with Gasteiger partial charge in [0.05, 0.1) is 6.61 Å². The largest absolute Gasteiger partial charge is 0.494 e. The highest BCUT2D eigenvalue weighted by Gasteiger charge is 2.30. The van der Waals surface area contributed by atoms with Gasteiger partial charge in [-0.05, 0) is 62.8 Å². The second-order valence-corrected chi connectivity index (χ2v) is 9.32. The summed E-state index contributed by atoms with van der Waals surface area (Å²) in [4.78, 5) is 50.8. The van der Waals surface area contributed by atoms with Gasteiger partial charge >= 0.3 is 12.1 Å². The first-order valence-corrected chi connectivity index (χ1v) is 12.6. The summed E-state index contributed by atoms with van der Waals surface area (Å²) >= 11 is 0. The van der Waals surface area contributed by atoms with E-state index in [0.717, 1.165) is 37.1 Å². The van der Waals surface area contributed by atoms with Gasteiger partial charge in [0.1, 0.15) is 11.8 Å². The third kappa shape index (κ3) is 9.03. The zero-order valence-corrected chi connectivity index (χ0v) is 20.6. The van der Waals surface area contributed by atoms with Crippen molar-refractivity contribution in [2.45, 2.75) is 44.6 Å². The van der Waals surface area contributed by atoms with E-state index in [1.807, 2.05) is 24.3 Å². The predicted octanol–water partition coefficient (Wildman–Crippen LogP) is 1.67. The minimum atomic E-state index is -1.23. The van der Waals surface area contributed by atoms with Crippen LogP contribution in [0.2, 0.25) is 0 Å². The van der Waals surface area contributed by atoms with Gasteiger partial charge in [-0.3, -0.25) is 14.5 Å². The van der Waals surface area contributed by atoms with Crippen molar-refractivity contribution < 1.29 is 29.0 Å². The number of hydrogen-bond acceptors (Lipinski definition) is 6. The maximum absolute atomic E-state index is 12.9. The number of nitrogens with one attached hydrogen (secondary N) is 2. The fourth-order valence-electron chi connectivity index (χ4n) is 4.28. The number of carbonyl (C=O) groups is 4. The van der Waals surface area contributed by atoms with Crippen molar-refractivity contribution in [2.75, 3.05) is 45.9 Å². The van der Waals surface area contributed by atoms with Crippen molar-refractivity contribution in [1.29, 1.82) is 0 Å². The number of carboxylic acid groups (broad SMARTS) is 1. The number of amides is 4. The van der Waals surface area contributed by atoms with Crippen LogP contribution in [0.3, 0.4) is 0 Å². The van der Waals surface area contributed by atoms with Gasteiger partial charge in [0.2, 0.25) is 5.91 Å². The molecule has 1 saturated heterocycles.